The molecule has 3 aliphatic rings. The highest BCUT2D eigenvalue weighted by molar-refractivity contribution is 6.02. The van der Waals surface area contributed by atoms with Gasteiger partial charge in [-0.15, -0.1) is 0 Å². The zero-order chi connectivity index (χ0) is 20.8. The third kappa shape index (κ3) is 3.13. The first-order valence-electron chi connectivity index (χ1n) is 11.2. The lowest BCUT2D eigenvalue weighted by Crippen LogP contribution is -2.55. The highest BCUT2D eigenvalue weighted by Gasteiger charge is 2.51. The molecule has 1 saturated carbocycles. The first-order valence-corrected chi connectivity index (χ1v) is 11.2. The van der Waals surface area contributed by atoms with Gasteiger partial charge in [-0.25, -0.2) is 9.40 Å². The Morgan fingerprint density at radius 1 is 0.871 bits per heavy atom. The molecule has 2 aliphatic heterocycles. The van der Waals surface area contributed by atoms with Gasteiger partial charge in [0.2, 0.25) is 0 Å². The quantitative estimate of drug-likeness (QED) is 0.485. The molecule has 6 rings (SSSR count). The number of benzene rings is 3. The van der Waals surface area contributed by atoms with E-state index < -0.39 is 5.72 Å². The smallest absolute Gasteiger partial charge is 0.198 e. The van der Waals surface area contributed by atoms with Gasteiger partial charge in [0, 0.05) is 24.8 Å². The van der Waals surface area contributed by atoms with Crippen LogP contribution in [-0.2, 0) is 0 Å². The highest BCUT2D eigenvalue weighted by atomic mass is 19.1. The molecule has 0 radical (unpaired) electrons. The lowest BCUT2D eigenvalue weighted by atomic mass is 9.78. The molecule has 2 heterocycles. The van der Waals surface area contributed by atoms with Crippen LogP contribution in [0.15, 0.2) is 84.0 Å². The average Bonchev–Trinajstić information content (AvgIpc) is 3.28. The third-order valence-electron chi connectivity index (χ3n) is 7.12. The van der Waals surface area contributed by atoms with Crippen molar-refractivity contribution < 1.29 is 9.13 Å². The van der Waals surface area contributed by atoms with Crippen LogP contribution in [0.4, 0.5) is 4.39 Å². The maximum absolute atomic E-state index is 13.5. The van der Waals surface area contributed by atoms with Crippen molar-refractivity contribution in [1.29, 1.82) is 0 Å². The van der Waals surface area contributed by atoms with Crippen LogP contribution < -0.4 is 4.74 Å². The number of fused-ring (bicyclic) bond motifs is 4. The molecule has 0 amide bonds. The minimum Gasteiger partial charge on any atom is -0.466 e. The van der Waals surface area contributed by atoms with Crippen molar-refractivity contribution in [3.8, 4) is 5.75 Å². The molecule has 0 saturated heterocycles. The Labute approximate surface area is 182 Å². The number of hydrogen-bond donors (Lipinski definition) is 0. The minimum absolute atomic E-state index is 0.165. The molecular formula is C27H25FN2O. The van der Waals surface area contributed by atoms with Crippen molar-refractivity contribution in [3.05, 3.63) is 101 Å². The summed E-state index contributed by atoms with van der Waals surface area (Å²) in [7, 11) is 0. The van der Waals surface area contributed by atoms with Crippen LogP contribution in [0.3, 0.4) is 0 Å². The van der Waals surface area contributed by atoms with E-state index in [1.807, 2.05) is 12.1 Å². The number of halogens is 1. The Hall–Kier alpha value is -3.14. The summed E-state index contributed by atoms with van der Waals surface area (Å²) in [6, 6.07) is 26.0. The van der Waals surface area contributed by atoms with Gasteiger partial charge in [-0.1, -0.05) is 60.7 Å². The molecule has 3 aromatic rings. The fourth-order valence-electron chi connectivity index (χ4n) is 5.50. The van der Waals surface area contributed by atoms with Crippen LogP contribution in [0.2, 0.25) is 0 Å². The van der Waals surface area contributed by atoms with Gasteiger partial charge in [-0.2, -0.15) is 5.10 Å². The minimum atomic E-state index is -0.411. The van der Waals surface area contributed by atoms with Crippen molar-refractivity contribution in [1.82, 2.24) is 5.01 Å². The van der Waals surface area contributed by atoms with Crippen molar-refractivity contribution >= 4 is 5.71 Å². The van der Waals surface area contributed by atoms with Crippen LogP contribution in [0.1, 0.15) is 60.8 Å². The van der Waals surface area contributed by atoms with Crippen LogP contribution in [0.5, 0.6) is 5.75 Å². The van der Waals surface area contributed by atoms with E-state index in [1.165, 1.54) is 23.3 Å². The van der Waals surface area contributed by atoms with Gasteiger partial charge in [0.1, 0.15) is 11.6 Å². The molecular weight excluding hydrogens is 387 g/mol. The second-order valence-corrected chi connectivity index (χ2v) is 8.89. The maximum Gasteiger partial charge on any atom is 0.198 e. The van der Waals surface area contributed by atoms with Crippen LogP contribution in [0, 0.1) is 5.82 Å². The molecule has 1 aliphatic carbocycles. The summed E-state index contributed by atoms with van der Waals surface area (Å²) in [5, 5.41) is 7.32. The van der Waals surface area contributed by atoms with E-state index in [0.717, 1.165) is 49.1 Å². The molecule has 3 aromatic carbocycles. The van der Waals surface area contributed by atoms with Gasteiger partial charge in [-0.3, -0.25) is 0 Å². The second-order valence-electron chi connectivity index (χ2n) is 8.89. The van der Waals surface area contributed by atoms with Gasteiger partial charge in [0.25, 0.3) is 0 Å². The van der Waals surface area contributed by atoms with Crippen LogP contribution >= 0.6 is 0 Å². The molecule has 4 heteroatoms. The van der Waals surface area contributed by atoms with E-state index in [2.05, 4.69) is 59.6 Å². The molecule has 31 heavy (non-hydrogen) atoms. The number of para-hydroxylation sites is 1. The van der Waals surface area contributed by atoms with Crippen molar-refractivity contribution in [2.75, 3.05) is 0 Å². The lowest BCUT2D eigenvalue weighted by molar-refractivity contribution is -0.142. The summed E-state index contributed by atoms with van der Waals surface area (Å²) >= 11 is 0. The molecule has 1 spiro atoms. The SMILES string of the molecule is Fc1ccc(C2=NN3[C@H](C2)c2ccccc2OC32CCC(c3ccccc3)CC2)cc1. The van der Waals surface area contributed by atoms with Gasteiger partial charge in [-0.05, 0) is 48.1 Å². The Kier molecular flexibility index (Phi) is 4.34. The fourth-order valence-corrected chi connectivity index (χ4v) is 5.50. The Morgan fingerprint density at radius 2 is 1.58 bits per heavy atom. The Morgan fingerprint density at radius 3 is 2.35 bits per heavy atom. The van der Waals surface area contributed by atoms with Crippen LogP contribution in [0.25, 0.3) is 0 Å². The fraction of sp³-hybridized carbons (Fsp3) is 0.296. The van der Waals surface area contributed by atoms with E-state index in [9.17, 15) is 4.39 Å². The molecule has 156 valence electrons. The molecule has 0 unspecified atom stereocenters. The van der Waals surface area contributed by atoms with Gasteiger partial charge >= 0.3 is 0 Å². The number of hydrogen-bond acceptors (Lipinski definition) is 3. The topological polar surface area (TPSA) is 24.8 Å². The Bertz CT molecular complexity index is 1120. The predicted molar refractivity (Wildman–Crippen MR) is 120 cm³/mol. The summed E-state index contributed by atoms with van der Waals surface area (Å²) in [4.78, 5) is 0. The molecule has 0 aromatic heterocycles. The first-order chi connectivity index (χ1) is 15.2. The average molecular weight is 413 g/mol. The van der Waals surface area contributed by atoms with E-state index in [-0.39, 0.29) is 11.9 Å². The maximum atomic E-state index is 13.5. The van der Waals surface area contributed by atoms with E-state index in [0.29, 0.717) is 5.92 Å². The van der Waals surface area contributed by atoms with Gasteiger partial charge in [0.15, 0.2) is 5.72 Å². The zero-order valence-electron chi connectivity index (χ0n) is 17.4. The van der Waals surface area contributed by atoms with E-state index in [1.54, 1.807) is 0 Å². The molecule has 1 atom stereocenters. The number of rotatable bonds is 2. The summed E-state index contributed by atoms with van der Waals surface area (Å²) in [6.07, 6.45) is 4.86. The predicted octanol–water partition coefficient (Wildman–Crippen LogP) is 6.42. The second kappa shape index (κ2) is 7.23. The number of ether oxygens (including phenoxy) is 1. The normalized spacial score (nSPS) is 26.7. The van der Waals surface area contributed by atoms with Gasteiger partial charge < -0.3 is 4.74 Å². The van der Waals surface area contributed by atoms with Crippen molar-refractivity contribution in [2.24, 2.45) is 5.10 Å². The molecule has 0 N–H and O–H groups in total. The molecule has 1 fully saturated rings. The zero-order valence-corrected chi connectivity index (χ0v) is 17.4. The monoisotopic (exact) mass is 412 g/mol. The summed E-state index contributed by atoms with van der Waals surface area (Å²) in [5.41, 5.74) is 4.20. The number of hydrazone groups is 1. The summed E-state index contributed by atoms with van der Waals surface area (Å²) in [6.45, 7) is 0. The largest absolute Gasteiger partial charge is 0.466 e. The lowest BCUT2D eigenvalue weighted by Gasteiger charge is -2.50. The highest BCUT2D eigenvalue weighted by Crippen LogP contribution is 2.52. The van der Waals surface area contributed by atoms with Crippen LogP contribution in [-0.4, -0.2) is 16.4 Å². The summed E-state index contributed by atoms with van der Waals surface area (Å²) in [5.74, 6) is 1.33. The van der Waals surface area contributed by atoms with Gasteiger partial charge in [0.05, 0.1) is 11.8 Å². The van der Waals surface area contributed by atoms with E-state index in [4.69, 9.17) is 9.84 Å². The van der Waals surface area contributed by atoms with Crippen molar-refractivity contribution in [3.63, 3.8) is 0 Å². The molecule has 3 nitrogen and oxygen atoms in total. The Balaban J connectivity index is 1.35. The van der Waals surface area contributed by atoms with E-state index >= 15 is 0 Å². The third-order valence-corrected chi connectivity index (χ3v) is 7.12. The standard InChI is InChI=1S/C27H25FN2O/c28-22-12-10-21(11-13-22)24-18-25-23-8-4-5-9-26(23)31-27(30(25)29-24)16-14-20(15-17-27)19-6-2-1-3-7-19/h1-13,20,25H,14-18H2/t20?,25-,27?/m1/s1. The van der Waals surface area contributed by atoms with Crippen molar-refractivity contribution in [2.45, 2.75) is 49.8 Å². The number of nitrogens with zero attached hydrogens (tertiary/aromatic N) is 2. The molecule has 0 bridgehead atoms. The first kappa shape index (κ1) is 18.6. The summed E-state index contributed by atoms with van der Waals surface area (Å²) < 4.78 is 20.2.